The maximum Gasteiger partial charge on any atom is 0.407 e. The molecule has 7 heteroatoms. The number of carbonyl (C=O) groups excluding carboxylic acids is 2. The zero-order valence-corrected chi connectivity index (χ0v) is 20.2. The van der Waals surface area contributed by atoms with Gasteiger partial charge in [0, 0.05) is 24.4 Å². The topological polar surface area (TPSA) is 105 Å². The Morgan fingerprint density at radius 1 is 1.03 bits per heavy atom. The SMILES string of the molecule is CCC[C@@H](CC(=O)N[C@@H]1CCC[C@H](C(=O)O)C1)NC(=O)OCC1c2ccccc2-c2ccccc21. The van der Waals surface area contributed by atoms with Crippen LogP contribution in [0.5, 0.6) is 0 Å². The van der Waals surface area contributed by atoms with E-state index in [1.165, 1.54) is 11.1 Å². The number of ether oxygens (including phenoxy) is 1. The summed E-state index contributed by atoms with van der Waals surface area (Å²) in [5, 5.41) is 15.1. The Hall–Kier alpha value is -3.35. The van der Waals surface area contributed by atoms with E-state index >= 15 is 0 Å². The number of alkyl carbamates (subject to hydrolysis) is 1. The van der Waals surface area contributed by atoms with Crippen molar-refractivity contribution in [2.45, 2.75) is 69.9 Å². The molecular weight excluding hydrogens is 444 g/mol. The molecule has 0 saturated heterocycles. The van der Waals surface area contributed by atoms with E-state index in [-0.39, 0.29) is 36.9 Å². The van der Waals surface area contributed by atoms with Crippen molar-refractivity contribution in [1.82, 2.24) is 10.6 Å². The Morgan fingerprint density at radius 2 is 1.69 bits per heavy atom. The normalized spacial score (nSPS) is 19.8. The molecule has 3 N–H and O–H groups in total. The van der Waals surface area contributed by atoms with Gasteiger partial charge in [-0.1, -0.05) is 68.3 Å². The summed E-state index contributed by atoms with van der Waals surface area (Å²) in [5.41, 5.74) is 4.65. The molecule has 0 spiro atoms. The van der Waals surface area contributed by atoms with Crippen molar-refractivity contribution in [3.8, 4) is 11.1 Å². The number of nitrogens with one attached hydrogen (secondary N) is 2. The van der Waals surface area contributed by atoms with Crippen LogP contribution in [0.15, 0.2) is 48.5 Å². The first-order valence-electron chi connectivity index (χ1n) is 12.6. The number of amides is 2. The monoisotopic (exact) mass is 478 g/mol. The first-order chi connectivity index (χ1) is 17.0. The fourth-order valence-corrected chi connectivity index (χ4v) is 5.44. The minimum Gasteiger partial charge on any atom is -0.481 e. The second-order valence-corrected chi connectivity index (χ2v) is 9.63. The zero-order chi connectivity index (χ0) is 24.8. The van der Waals surface area contributed by atoms with Crippen LogP contribution in [0, 0.1) is 5.92 Å². The molecule has 1 fully saturated rings. The van der Waals surface area contributed by atoms with Crippen LogP contribution in [0.1, 0.15) is 68.9 Å². The quantitative estimate of drug-likeness (QED) is 0.478. The largest absolute Gasteiger partial charge is 0.481 e. The fourth-order valence-electron chi connectivity index (χ4n) is 5.44. The van der Waals surface area contributed by atoms with Crippen molar-refractivity contribution >= 4 is 18.0 Å². The van der Waals surface area contributed by atoms with Crippen molar-refractivity contribution in [2.75, 3.05) is 6.61 Å². The van der Waals surface area contributed by atoms with Crippen molar-refractivity contribution < 1.29 is 24.2 Å². The molecule has 35 heavy (non-hydrogen) atoms. The predicted molar refractivity (Wildman–Crippen MR) is 133 cm³/mol. The summed E-state index contributed by atoms with van der Waals surface area (Å²) in [6.45, 7) is 2.23. The third kappa shape index (κ3) is 6.02. The first kappa shape index (κ1) is 24.8. The van der Waals surface area contributed by atoms with Gasteiger partial charge in [0.25, 0.3) is 0 Å². The van der Waals surface area contributed by atoms with Crippen molar-refractivity contribution in [1.29, 1.82) is 0 Å². The molecule has 2 aliphatic carbocycles. The second kappa shape index (κ2) is 11.4. The molecule has 1 saturated carbocycles. The maximum absolute atomic E-state index is 12.7. The molecule has 7 nitrogen and oxygen atoms in total. The highest BCUT2D eigenvalue weighted by atomic mass is 16.5. The molecule has 186 valence electrons. The lowest BCUT2D eigenvalue weighted by Gasteiger charge is -2.28. The van der Waals surface area contributed by atoms with E-state index in [0.29, 0.717) is 19.3 Å². The number of fused-ring (bicyclic) bond motifs is 3. The number of hydrogen-bond acceptors (Lipinski definition) is 4. The van der Waals surface area contributed by atoms with Gasteiger partial charge >= 0.3 is 12.1 Å². The Bertz CT molecular complexity index is 1020. The summed E-state index contributed by atoms with van der Waals surface area (Å²) in [6, 6.07) is 15.9. The molecule has 4 rings (SSSR count). The number of carboxylic acid groups (broad SMARTS) is 1. The van der Waals surface area contributed by atoms with E-state index in [1.807, 2.05) is 31.2 Å². The standard InChI is InChI=1S/C28H34N2O5/c1-2-8-19(16-26(31)29-20-10-7-9-18(15-20)27(32)33)30-28(34)35-17-25-23-13-5-3-11-21(23)22-12-4-6-14-24(22)25/h3-6,11-14,18-20,25H,2,7-10,15-17H2,1H3,(H,29,31)(H,30,34)(H,32,33)/t18-,19-,20+/m0/s1. The van der Waals surface area contributed by atoms with Crippen LogP contribution in [0.4, 0.5) is 4.79 Å². The highest BCUT2D eigenvalue weighted by molar-refractivity contribution is 5.80. The minimum atomic E-state index is -0.801. The van der Waals surface area contributed by atoms with Gasteiger partial charge in [0.2, 0.25) is 5.91 Å². The van der Waals surface area contributed by atoms with Crippen LogP contribution in [0.2, 0.25) is 0 Å². The van der Waals surface area contributed by atoms with Crippen LogP contribution in [0.25, 0.3) is 11.1 Å². The summed E-state index contributed by atoms with van der Waals surface area (Å²) >= 11 is 0. The molecule has 3 atom stereocenters. The van der Waals surface area contributed by atoms with Crippen LogP contribution in [-0.2, 0) is 14.3 Å². The van der Waals surface area contributed by atoms with Gasteiger partial charge in [-0.15, -0.1) is 0 Å². The lowest BCUT2D eigenvalue weighted by atomic mass is 9.85. The van der Waals surface area contributed by atoms with E-state index in [2.05, 4.69) is 34.9 Å². The third-order valence-corrected chi connectivity index (χ3v) is 7.12. The molecule has 2 aromatic carbocycles. The van der Waals surface area contributed by atoms with Gasteiger partial charge < -0.3 is 20.5 Å². The number of aliphatic carboxylic acids is 1. The molecule has 2 amide bonds. The maximum atomic E-state index is 12.7. The van der Waals surface area contributed by atoms with Gasteiger partial charge in [0.1, 0.15) is 6.61 Å². The summed E-state index contributed by atoms with van der Waals surface area (Å²) in [7, 11) is 0. The van der Waals surface area contributed by atoms with Gasteiger partial charge in [-0.2, -0.15) is 0 Å². The number of rotatable bonds is 9. The molecule has 0 unspecified atom stereocenters. The summed E-state index contributed by atoms with van der Waals surface area (Å²) < 4.78 is 5.64. The average molecular weight is 479 g/mol. The van der Waals surface area contributed by atoms with Crippen molar-refractivity contribution in [3.05, 3.63) is 59.7 Å². The van der Waals surface area contributed by atoms with E-state index in [9.17, 15) is 19.5 Å². The van der Waals surface area contributed by atoms with Gasteiger partial charge in [-0.25, -0.2) is 4.79 Å². The Kier molecular flexibility index (Phi) is 8.06. The van der Waals surface area contributed by atoms with Crippen LogP contribution < -0.4 is 10.6 Å². The van der Waals surface area contributed by atoms with E-state index in [1.54, 1.807) is 0 Å². The van der Waals surface area contributed by atoms with Crippen LogP contribution >= 0.6 is 0 Å². The van der Waals surface area contributed by atoms with Gasteiger partial charge in [-0.05, 0) is 47.9 Å². The molecule has 0 aromatic heterocycles. The Labute approximate surface area is 206 Å². The molecule has 0 bridgehead atoms. The lowest BCUT2D eigenvalue weighted by molar-refractivity contribution is -0.143. The molecule has 2 aromatic rings. The predicted octanol–water partition coefficient (Wildman–Crippen LogP) is 4.84. The number of hydrogen-bond donors (Lipinski definition) is 3. The van der Waals surface area contributed by atoms with Crippen molar-refractivity contribution in [3.63, 3.8) is 0 Å². The van der Waals surface area contributed by atoms with Crippen LogP contribution in [0.3, 0.4) is 0 Å². The first-order valence-corrected chi connectivity index (χ1v) is 12.6. The molecule has 2 aliphatic rings. The minimum absolute atomic E-state index is 0.0189. The molecular formula is C28H34N2O5. The third-order valence-electron chi connectivity index (χ3n) is 7.12. The highest BCUT2D eigenvalue weighted by Crippen LogP contribution is 2.44. The number of benzene rings is 2. The zero-order valence-electron chi connectivity index (χ0n) is 20.2. The van der Waals surface area contributed by atoms with E-state index in [4.69, 9.17) is 4.74 Å². The summed E-state index contributed by atoms with van der Waals surface area (Å²) in [4.78, 5) is 36.6. The van der Waals surface area contributed by atoms with Gasteiger partial charge in [0.05, 0.1) is 5.92 Å². The molecule has 0 radical (unpaired) electrons. The second-order valence-electron chi connectivity index (χ2n) is 9.63. The average Bonchev–Trinajstić information content (AvgIpc) is 3.16. The summed E-state index contributed by atoms with van der Waals surface area (Å²) in [6.07, 6.45) is 3.77. The summed E-state index contributed by atoms with van der Waals surface area (Å²) in [5.74, 6) is -1.39. The fraction of sp³-hybridized carbons (Fsp3) is 0.464. The van der Waals surface area contributed by atoms with Gasteiger partial charge in [0.15, 0.2) is 0 Å². The van der Waals surface area contributed by atoms with Gasteiger partial charge in [-0.3, -0.25) is 9.59 Å². The van der Waals surface area contributed by atoms with Crippen LogP contribution in [-0.4, -0.2) is 41.8 Å². The highest BCUT2D eigenvalue weighted by Gasteiger charge is 2.30. The Balaban J connectivity index is 1.31. The van der Waals surface area contributed by atoms with E-state index < -0.39 is 18.0 Å². The molecule has 0 aliphatic heterocycles. The molecule has 0 heterocycles. The Morgan fingerprint density at radius 3 is 2.31 bits per heavy atom. The van der Waals surface area contributed by atoms with Crippen molar-refractivity contribution in [2.24, 2.45) is 5.92 Å². The van der Waals surface area contributed by atoms with E-state index in [0.717, 1.165) is 30.4 Å². The number of carboxylic acids is 1. The lowest BCUT2D eigenvalue weighted by Crippen LogP contribution is -2.44. The smallest absolute Gasteiger partial charge is 0.407 e. The number of carbonyl (C=O) groups is 3.